The van der Waals surface area contributed by atoms with E-state index in [1.807, 2.05) is 0 Å². The zero-order chi connectivity index (χ0) is 8.85. The van der Waals surface area contributed by atoms with Gasteiger partial charge in [0, 0.05) is 6.08 Å². The second-order valence-corrected chi connectivity index (χ2v) is 2.08. The van der Waals surface area contributed by atoms with Crippen molar-refractivity contribution in [2.45, 2.75) is 13.8 Å². The molecule has 0 heterocycles. The third kappa shape index (κ3) is 5.51. The molecule has 0 aromatic heterocycles. The zero-order valence-electron chi connectivity index (χ0n) is 6.33. The van der Waals surface area contributed by atoms with Crippen LogP contribution in [0.25, 0.3) is 0 Å². The first kappa shape index (κ1) is 10.1. The van der Waals surface area contributed by atoms with Gasteiger partial charge in [-0.05, 0) is 19.4 Å². The Hall–Kier alpha value is -0.930. The predicted octanol–water partition coefficient (Wildman–Crippen LogP) is 3.00. The van der Waals surface area contributed by atoms with Gasteiger partial charge in [0.05, 0.1) is 0 Å². The number of hydrogen-bond donors (Lipinski definition) is 0. The molecule has 0 spiro atoms. The summed E-state index contributed by atoms with van der Waals surface area (Å²) in [6.07, 6.45) is -1.37. The molecule has 0 N–H and O–H groups in total. The van der Waals surface area contributed by atoms with E-state index >= 15 is 0 Å². The van der Waals surface area contributed by atoms with Crippen molar-refractivity contribution in [1.29, 1.82) is 0 Å². The van der Waals surface area contributed by atoms with Crippen LogP contribution in [0.3, 0.4) is 0 Å². The number of ether oxygens (including phenoxy) is 1. The number of allylic oxidation sites excluding steroid dienone is 1. The van der Waals surface area contributed by atoms with Gasteiger partial charge in [0.15, 0.2) is 0 Å². The largest absolute Gasteiger partial charge is 0.466 e. The molecular formula is C7H9F3O. The standard InChI is InChI=1S/C7H9F3O/c1-5(2)7(10)11-4-3-6(8)9/h3H,4H2,1-2H3. The molecule has 0 aromatic rings. The van der Waals surface area contributed by atoms with E-state index in [1.54, 1.807) is 0 Å². The summed E-state index contributed by atoms with van der Waals surface area (Å²) in [4.78, 5) is 0. The van der Waals surface area contributed by atoms with E-state index < -0.39 is 18.7 Å². The second kappa shape index (κ2) is 4.82. The van der Waals surface area contributed by atoms with Crippen molar-refractivity contribution in [3.8, 4) is 0 Å². The smallest absolute Gasteiger partial charge is 0.271 e. The van der Waals surface area contributed by atoms with Gasteiger partial charge in [-0.2, -0.15) is 13.2 Å². The summed E-state index contributed by atoms with van der Waals surface area (Å²) in [5.74, 6) is 0. The average Bonchev–Trinajstić information content (AvgIpc) is 1.86. The van der Waals surface area contributed by atoms with Crippen LogP contribution in [0.1, 0.15) is 13.8 Å². The number of halogens is 3. The maximum absolute atomic E-state index is 12.4. The first-order chi connectivity index (χ1) is 5.04. The summed E-state index contributed by atoms with van der Waals surface area (Å²) < 4.78 is 39.3. The lowest BCUT2D eigenvalue weighted by molar-refractivity contribution is 0.164. The third-order valence-corrected chi connectivity index (χ3v) is 0.841. The van der Waals surface area contributed by atoms with Gasteiger partial charge < -0.3 is 4.74 Å². The van der Waals surface area contributed by atoms with Gasteiger partial charge in [0.1, 0.15) is 6.61 Å². The quantitative estimate of drug-likeness (QED) is 0.585. The minimum absolute atomic E-state index is 0.331. The first-order valence-corrected chi connectivity index (χ1v) is 3.01. The van der Waals surface area contributed by atoms with Crippen LogP contribution in [0.15, 0.2) is 23.7 Å². The summed E-state index contributed by atoms with van der Waals surface area (Å²) in [6, 6.07) is -0.803. The highest BCUT2D eigenvalue weighted by atomic mass is 19.3. The van der Waals surface area contributed by atoms with Crippen molar-refractivity contribution in [3.63, 3.8) is 0 Å². The summed E-state index contributed by atoms with van der Waals surface area (Å²) in [6.45, 7) is 2.55. The maximum atomic E-state index is 12.4. The summed E-state index contributed by atoms with van der Waals surface area (Å²) >= 11 is 0. The van der Waals surface area contributed by atoms with Crippen molar-refractivity contribution in [2.75, 3.05) is 6.61 Å². The van der Waals surface area contributed by atoms with Gasteiger partial charge in [0.25, 0.3) is 12.1 Å². The molecule has 0 aromatic carbocycles. The highest BCUT2D eigenvalue weighted by Crippen LogP contribution is 2.06. The molecule has 0 bridgehead atoms. The Balaban J connectivity index is 3.73. The molecule has 64 valence electrons. The van der Waals surface area contributed by atoms with Gasteiger partial charge in [-0.25, -0.2) is 0 Å². The van der Waals surface area contributed by atoms with Crippen molar-refractivity contribution >= 4 is 0 Å². The molecule has 4 heteroatoms. The van der Waals surface area contributed by atoms with Gasteiger partial charge in [-0.3, -0.25) is 0 Å². The molecule has 0 aliphatic heterocycles. The van der Waals surface area contributed by atoms with Crippen LogP contribution in [-0.4, -0.2) is 6.61 Å². The summed E-state index contributed by atoms with van der Waals surface area (Å²) in [5.41, 5.74) is 0.331. The van der Waals surface area contributed by atoms with Gasteiger partial charge >= 0.3 is 0 Å². The Morgan fingerprint density at radius 2 is 1.82 bits per heavy atom. The van der Waals surface area contributed by atoms with E-state index in [1.165, 1.54) is 13.8 Å². The summed E-state index contributed by atoms with van der Waals surface area (Å²) in [7, 11) is 0. The lowest BCUT2D eigenvalue weighted by Crippen LogP contribution is -1.89. The lowest BCUT2D eigenvalue weighted by Gasteiger charge is -1.99. The Labute approximate surface area is 63.2 Å². The molecule has 0 saturated heterocycles. The molecule has 0 fully saturated rings. The Bertz CT molecular complexity index is 176. The molecule has 0 amide bonds. The molecule has 0 saturated carbocycles. The van der Waals surface area contributed by atoms with E-state index in [-0.39, 0.29) is 0 Å². The lowest BCUT2D eigenvalue weighted by atomic mass is 10.4. The molecule has 11 heavy (non-hydrogen) atoms. The highest BCUT2D eigenvalue weighted by molar-refractivity contribution is 4.95. The van der Waals surface area contributed by atoms with Crippen LogP contribution in [0.2, 0.25) is 0 Å². The van der Waals surface area contributed by atoms with Crippen LogP contribution >= 0.6 is 0 Å². The molecule has 0 aliphatic carbocycles. The van der Waals surface area contributed by atoms with E-state index in [9.17, 15) is 13.2 Å². The van der Waals surface area contributed by atoms with Crippen molar-refractivity contribution in [2.24, 2.45) is 0 Å². The molecule has 0 radical (unpaired) electrons. The molecular weight excluding hydrogens is 157 g/mol. The van der Waals surface area contributed by atoms with Crippen LogP contribution in [0.4, 0.5) is 13.2 Å². The maximum Gasteiger partial charge on any atom is 0.271 e. The molecule has 0 aliphatic rings. The first-order valence-electron chi connectivity index (χ1n) is 3.01. The minimum Gasteiger partial charge on any atom is -0.466 e. The predicted molar refractivity (Wildman–Crippen MR) is 35.7 cm³/mol. The number of rotatable bonds is 3. The Kier molecular flexibility index (Phi) is 4.41. The van der Waals surface area contributed by atoms with E-state index in [2.05, 4.69) is 4.74 Å². The van der Waals surface area contributed by atoms with Gasteiger partial charge in [-0.15, -0.1) is 0 Å². The normalized spacial score (nSPS) is 8.82. The molecule has 0 unspecified atom stereocenters. The third-order valence-electron chi connectivity index (χ3n) is 0.841. The van der Waals surface area contributed by atoms with E-state index in [4.69, 9.17) is 0 Å². The van der Waals surface area contributed by atoms with Crippen molar-refractivity contribution in [1.82, 2.24) is 0 Å². The fraction of sp³-hybridized carbons (Fsp3) is 0.429. The molecule has 0 atom stereocenters. The topological polar surface area (TPSA) is 9.23 Å². The highest BCUT2D eigenvalue weighted by Gasteiger charge is 1.96. The SMILES string of the molecule is CC(C)=C(F)OCC=C(F)F. The van der Waals surface area contributed by atoms with Crippen LogP contribution < -0.4 is 0 Å². The summed E-state index contributed by atoms with van der Waals surface area (Å²) in [5, 5.41) is 0. The zero-order valence-corrected chi connectivity index (χ0v) is 6.33. The minimum atomic E-state index is -1.87. The van der Waals surface area contributed by atoms with E-state index in [0.717, 1.165) is 0 Å². The average molecular weight is 166 g/mol. The van der Waals surface area contributed by atoms with E-state index in [0.29, 0.717) is 11.6 Å². The Morgan fingerprint density at radius 3 is 2.18 bits per heavy atom. The van der Waals surface area contributed by atoms with Crippen molar-refractivity contribution in [3.05, 3.63) is 23.7 Å². The van der Waals surface area contributed by atoms with Crippen molar-refractivity contribution < 1.29 is 17.9 Å². The number of hydrogen-bond acceptors (Lipinski definition) is 1. The van der Waals surface area contributed by atoms with Crippen LogP contribution in [0, 0.1) is 0 Å². The van der Waals surface area contributed by atoms with Gasteiger partial charge in [0.2, 0.25) is 0 Å². The fourth-order valence-electron chi connectivity index (χ4n) is 0.322. The molecule has 0 rings (SSSR count). The molecule has 1 nitrogen and oxygen atoms in total. The monoisotopic (exact) mass is 166 g/mol. The Morgan fingerprint density at radius 1 is 1.27 bits per heavy atom. The van der Waals surface area contributed by atoms with Crippen LogP contribution in [0.5, 0.6) is 0 Å². The van der Waals surface area contributed by atoms with Gasteiger partial charge in [-0.1, -0.05) is 0 Å². The van der Waals surface area contributed by atoms with Crippen LogP contribution in [-0.2, 0) is 4.74 Å². The fourth-order valence-corrected chi connectivity index (χ4v) is 0.322. The second-order valence-electron chi connectivity index (χ2n) is 2.08.